The van der Waals surface area contributed by atoms with Crippen LogP contribution >= 0.6 is 11.3 Å². The summed E-state index contributed by atoms with van der Waals surface area (Å²) in [5.74, 6) is -0.844. The van der Waals surface area contributed by atoms with Gasteiger partial charge in [0.05, 0.1) is 12.8 Å². The second-order valence-corrected chi connectivity index (χ2v) is 4.58. The molecule has 2 aromatic rings. The van der Waals surface area contributed by atoms with Crippen LogP contribution in [0.3, 0.4) is 0 Å². The summed E-state index contributed by atoms with van der Waals surface area (Å²) in [6, 6.07) is 9.17. The highest BCUT2D eigenvalue weighted by molar-refractivity contribution is 7.10. The fourth-order valence-electron chi connectivity index (χ4n) is 1.55. The van der Waals surface area contributed by atoms with Gasteiger partial charge in [-0.1, -0.05) is 18.2 Å². The lowest BCUT2D eigenvalue weighted by molar-refractivity contribution is -0.141. The number of methoxy groups -OCH3 is 1. The number of halogens is 1. The summed E-state index contributed by atoms with van der Waals surface area (Å²) >= 11 is 1.41. The zero-order chi connectivity index (χ0) is 13.0. The van der Waals surface area contributed by atoms with E-state index in [1.54, 1.807) is 24.3 Å². The van der Waals surface area contributed by atoms with Gasteiger partial charge >= 0.3 is 5.97 Å². The van der Waals surface area contributed by atoms with Crippen molar-refractivity contribution in [1.82, 2.24) is 0 Å². The van der Waals surface area contributed by atoms with E-state index in [1.807, 2.05) is 11.4 Å². The number of rotatable bonds is 4. The lowest BCUT2D eigenvalue weighted by atomic mass is 10.2. The molecule has 2 rings (SSSR count). The zero-order valence-electron chi connectivity index (χ0n) is 9.72. The number of anilines is 1. The number of esters is 1. The number of nitrogens with one attached hydrogen (secondary N) is 1. The molecule has 0 aliphatic heterocycles. The molecule has 1 unspecified atom stereocenters. The van der Waals surface area contributed by atoms with Gasteiger partial charge in [-0.15, -0.1) is 11.3 Å². The first-order valence-electron chi connectivity index (χ1n) is 5.34. The van der Waals surface area contributed by atoms with Crippen LogP contribution in [0.2, 0.25) is 0 Å². The Morgan fingerprint density at radius 2 is 2.11 bits per heavy atom. The Hall–Kier alpha value is -1.88. The highest BCUT2D eigenvalue weighted by atomic mass is 32.1. The molecule has 3 nitrogen and oxygen atoms in total. The van der Waals surface area contributed by atoms with E-state index in [2.05, 4.69) is 5.32 Å². The van der Waals surface area contributed by atoms with Gasteiger partial charge in [0.1, 0.15) is 5.82 Å². The molecule has 1 atom stereocenters. The van der Waals surface area contributed by atoms with Gasteiger partial charge in [0.15, 0.2) is 6.04 Å². The van der Waals surface area contributed by atoms with Gasteiger partial charge in [0.2, 0.25) is 0 Å². The maximum Gasteiger partial charge on any atom is 0.333 e. The fraction of sp³-hybridized carbons (Fsp3) is 0.154. The quantitative estimate of drug-likeness (QED) is 0.863. The summed E-state index contributed by atoms with van der Waals surface area (Å²) in [5.41, 5.74) is 0.279. The number of carbonyl (C=O) groups excluding carboxylic acids is 1. The fourth-order valence-corrected chi connectivity index (χ4v) is 2.32. The molecule has 1 N–H and O–H groups in total. The van der Waals surface area contributed by atoms with Crippen molar-refractivity contribution in [2.45, 2.75) is 6.04 Å². The van der Waals surface area contributed by atoms with Gasteiger partial charge in [0.25, 0.3) is 0 Å². The number of hydrogen-bond donors (Lipinski definition) is 1. The second-order valence-electron chi connectivity index (χ2n) is 3.60. The van der Waals surface area contributed by atoms with E-state index in [0.29, 0.717) is 0 Å². The lowest BCUT2D eigenvalue weighted by Gasteiger charge is -2.16. The van der Waals surface area contributed by atoms with E-state index in [0.717, 1.165) is 4.88 Å². The molecule has 1 aromatic carbocycles. The third-order valence-electron chi connectivity index (χ3n) is 2.44. The summed E-state index contributed by atoms with van der Waals surface area (Å²) in [6.45, 7) is 0. The van der Waals surface area contributed by atoms with Crippen molar-refractivity contribution < 1.29 is 13.9 Å². The van der Waals surface area contributed by atoms with Crippen LogP contribution in [0.5, 0.6) is 0 Å². The highest BCUT2D eigenvalue weighted by Gasteiger charge is 2.23. The van der Waals surface area contributed by atoms with Crippen LogP contribution in [0.25, 0.3) is 0 Å². The standard InChI is InChI=1S/C13H12FNO2S/c1-17-13(16)12(11-7-4-8-18-11)15-10-6-3-2-5-9(10)14/h2-8,12,15H,1H3. The van der Waals surface area contributed by atoms with Crippen LogP contribution < -0.4 is 5.32 Å². The summed E-state index contributed by atoms with van der Waals surface area (Å²) in [5, 5.41) is 4.72. The molecule has 0 aliphatic carbocycles. The molecule has 18 heavy (non-hydrogen) atoms. The zero-order valence-corrected chi connectivity index (χ0v) is 10.5. The van der Waals surface area contributed by atoms with Crippen LogP contribution in [0.4, 0.5) is 10.1 Å². The number of thiophene rings is 1. The number of carbonyl (C=O) groups is 1. The molecule has 1 heterocycles. The van der Waals surface area contributed by atoms with Crippen molar-refractivity contribution in [2.24, 2.45) is 0 Å². The molecule has 0 saturated carbocycles. The third kappa shape index (κ3) is 2.68. The Balaban J connectivity index is 2.26. The van der Waals surface area contributed by atoms with Crippen LogP contribution in [0, 0.1) is 5.82 Å². The number of benzene rings is 1. The normalized spacial score (nSPS) is 11.9. The summed E-state index contributed by atoms with van der Waals surface area (Å²) in [6.07, 6.45) is 0. The molecule has 0 bridgehead atoms. The Morgan fingerprint density at radius 1 is 1.33 bits per heavy atom. The average molecular weight is 265 g/mol. The molecular formula is C13H12FNO2S. The molecule has 0 radical (unpaired) electrons. The van der Waals surface area contributed by atoms with Gasteiger partial charge < -0.3 is 10.1 Å². The minimum absolute atomic E-state index is 0.279. The van der Waals surface area contributed by atoms with Crippen molar-refractivity contribution in [3.63, 3.8) is 0 Å². The smallest absolute Gasteiger partial charge is 0.333 e. The van der Waals surface area contributed by atoms with Crippen molar-refractivity contribution in [3.8, 4) is 0 Å². The minimum Gasteiger partial charge on any atom is -0.467 e. The molecule has 0 spiro atoms. The highest BCUT2D eigenvalue weighted by Crippen LogP contribution is 2.25. The topological polar surface area (TPSA) is 38.3 Å². The second kappa shape index (κ2) is 5.64. The monoisotopic (exact) mass is 265 g/mol. The largest absolute Gasteiger partial charge is 0.467 e. The number of hydrogen-bond acceptors (Lipinski definition) is 4. The van der Waals surface area contributed by atoms with E-state index in [1.165, 1.54) is 24.5 Å². The lowest BCUT2D eigenvalue weighted by Crippen LogP contribution is -2.21. The van der Waals surface area contributed by atoms with E-state index < -0.39 is 17.8 Å². The molecule has 0 fully saturated rings. The molecule has 0 saturated heterocycles. The van der Waals surface area contributed by atoms with E-state index in [9.17, 15) is 9.18 Å². The first-order chi connectivity index (χ1) is 8.72. The van der Waals surface area contributed by atoms with Gasteiger partial charge in [-0.2, -0.15) is 0 Å². The Morgan fingerprint density at radius 3 is 2.72 bits per heavy atom. The van der Waals surface area contributed by atoms with Crippen molar-refractivity contribution >= 4 is 23.0 Å². The van der Waals surface area contributed by atoms with Gasteiger partial charge in [0, 0.05) is 4.88 Å². The van der Waals surface area contributed by atoms with Crippen LogP contribution in [0.15, 0.2) is 41.8 Å². The number of ether oxygens (including phenoxy) is 1. The van der Waals surface area contributed by atoms with Crippen molar-refractivity contribution in [1.29, 1.82) is 0 Å². The predicted octanol–water partition coefficient (Wildman–Crippen LogP) is 3.21. The Kier molecular flexibility index (Phi) is 3.94. The Labute approximate surface area is 108 Å². The van der Waals surface area contributed by atoms with Crippen molar-refractivity contribution in [2.75, 3.05) is 12.4 Å². The molecule has 5 heteroatoms. The molecular weight excluding hydrogens is 253 g/mol. The SMILES string of the molecule is COC(=O)C(Nc1ccccc1F)c1cccs1. The minimum atomic E-state index is -0.688. The van der Waals surface area contributed by atoms with E-state index >= 15 is 0 Å². The van der Waals surface area contributed by atoms with E-state index in [-0.39, 0.29) is 5.69 Å². The number of para-hydroxylation sites is 1. The van der Waals surface area contributed by atoms with Gasteiger partial charge in [-0.3, -0.25) is 0 Å². The van der Waals surface area contributed by atoms with E-state index in [4.69, 9.17) is 4.74 Å². The summed E-state index contributed by atoms with van der Waals surface area (Å²) < 4.78 is 18.3. The van der Waals surface area contributed by atoms with Crippen LogP contribution in [0.1, 0.15) is 10.9 Å². The Bertz CT molecular complexity index is 528. The molecule has 0 amide bonds. The van der Waals surface area contributed by atoms with Gasteiger partial charge in [-0.05, 0) is 23.6 Å². The maximum absolute atomic E-state index is 13.5. The maximum atomic E-state index is 13.5. The van der Waals surface area contributed by atoms with Crippen LogP contribution in [-0.4, -0.2) is 13.1 Å². The summed E-state index contributed by atoms with van der Waals surface area (Å²) in [4.78, 5) is 12.5. The molecule has 0 aliphatic rings. The van der Waals surface area contributed by atoms with Gasteiger partial charge in [-0.25, -0.2) is 9.18 Å². The van der Waals surface area contributed by atoms with Crippen molar-refractivity contribution in [3.05, 3.63) is 52.5 Å². The molecule has 94 valence electrons. The first kappa shape index (κ1) is 12.6. The average Bonchev–Trinajstić information content (AvgIpc) is 2.90. The predicted molar refractivity (Wildman–Crippen MR) is 69.1 cm³/mol. The third-order valence-corrected chi connectivity index (χ3v) is 3.38. The van der Waals surface area contributed by atoms with Crippen LogP contribution in [-0.2, 0) is 9.53 Å². The first-order valence-corrected chi connectivity index (χ1v) is 6.22. The summed E-state index contributed by atoms with van der Waals surface area (Å²) in [7, 11) is 1.31. The molecule has 1 aromatic heterocycles.